The number of methoxy groups -OCH3 is 1. The van der Waals surface area contributed by atoms with Crippen LogP contribution in [-0.4, -0.2) is 28.9 Å². The van der Waals surface area contributed by atoms with Gasteiger partial charge in [-0.05, 0) is 24.1 Å². The fourth-order valence-corrected chi connectivity index (χ4v) is 3.94. The molecule has 1 amide bonds. The Hall–Kier alpha value is -3.12. The Balaban J connectivity index is 1.36. The molecule has 1 N–H and O–H groups in total. The van der Waals surface area contributed by atoms with Gasteiger partial charge in [0.15, 0.2) is 4.96 Å². The lowest BCUT2D eigenvalue weighted by molar-refractivity contribution is -0.120. The van der Waals surface area contributed by atoms with Gasteiger partial charge in [0, 0.05) is 29.4 Å². The normalized spacial score (nSPS) is 10.9. The smallest absolute Gasteiger partial charge is 0.225 e. The average Bonchev–Trinajstić information content (AvgIpc) is 3.31. The second kappa shape index (κ2) is 8.27. The first-order chi connectivity index (χ1) is 13.7. The second-order valence-electron chi connectivity index (χ2n) is 6.50. The van der Waals surface area contributed by atoms with E-state index in [0.29, 0.717) is 13.0 Å². The number of aromatic nitrogens is 2. The number of fused-ring (bicyclic) bond motifs is 1. The third-order valence-corrected chi connectivity index (χ3v) is 5.48. The summed E-state index contributed by atoms with van der Waals surface area (Å²) in [4.78, 5) is 17.9. The minimum Gasteiger partial charge on any atom is -0.497 e. The molecule has 0 aliphatic rings. The summed E-state index contributed by atoms with van der Waals surface area (Å²) in [5.41, 5.74) is 4.12. The SMILES string of the molecule is COc1ccc(CCNC(=O)Cc2csc3nc(-c4ccccc4)cn23)cc1. The van der Waals surface area contributed by atoms with Crippen LogP contribution < -0.4 is 10.1 Å². The summed E-state index contributed by atoms with van der Waals surface area (Å²) in [5, 5.41) is 5.00. The van der Waals surface area contributed by atoms with Crippen molar-refractivity contribution < 1.29 is 9.53 Å². The van der Waals surface area contributed by atoms with Crippen molar-refractivity contribution in [2.75, 3.05) is 13.7 Å². The lowest BCUT2D eigenvalue weighted by atomic mass is 10.1. The van der Waals surface area contributed by atoms with E-state index >= 15 is 0 Å². The number of nitrogens with zero attached hydrogens (tertiary/aromatic N) is 2. The number of ether oxygens (including phenoxy) is 1. The largest absolute Gasteiger partial charge is 0.497 e. The average molecular weight is 391 g/mol. The number of carbonyl (C=O) groups excluding carboxylic acids is 1. The zero-order valence-corrected chi connectivity index (χ0v) is 16.4. The number of nitrogens with one attached hydrogen (secondary N) is 1. The fraction of sp³-hybridized carbons (Fsp3) is 0.182. The van der Waals surface area contributed by atoms with Crippen molar-refractivity contribution in [3.8, 4) is 17.0 Å². The van der Waals surface area contributed by atoms with Crippen LogP contribution in [0.25, 0.3) is 16.2 Å². The molecule has 142 valence electrons. The molecule has 6 heteroatoms. The van der Waals surface area contributed by atoms with Gasteiger partial charge in [0.25, 0.3) is 0 Å². The maximum absolute atomic E-state index is 12.4. The first-order valence-electron chi connectivity index (χ1n) is 9.13. The highest BCUT2D eigenvalue weighted by Crippen LogP contribution is 2.23. The third-order valence-electron chi connectivity index (χ3n) is 4.59. The Kier molecular flexibility index (Phi) is 5.39. The maximum atomic E-state index is 12.4. The monoisotopic (exact) mass is 391 g/mol. The standard InChI is InChI=1S/C22H21N3O2S/c1-27-19-9-7-16(8-10-19)11-12-23-21(26)13-18-15-28-22-24-20(14-25(18)22)17-5-3-2-4-6-17/h2-10,14-15H,11-13H2,1H3,(H,23,26). The van der Waals surface area contributed by atoms with E-state index in [4.69, 9.17) is 4.74 Å². The summed E-state index contributed by atoms with van der Waals surface area (Å²) < 4.78 is 7.17. The molecule has 2 aromatic heterocycles. The van der Waals surface area contributed by atoms with Crippen LogP contribution >= 0.6 is 11.3 Å². The highest BCUT2D eigenvalue weighted by Gasteiger charge is 2.12. The molecule has 28 heavy (non-hydrogen) atoms. The lowest BCUT2D eigenvalue weighted by Crippen LogP contribution is -2.27. The molecule has 0 radical (unpaired) electrons. The molecular formula is C22H21N3O2S. The summed E-state index contributed by atoms with van der Waals surface area (Å²) in [7, 11) is 1.65. The number of imidazole rings is 1. The Morgan fingerprint density at radius 1 is 1.14 bits per heavy atom. The minimum absolute atomic E-state index is 0.0168. The predicted octanol–water partition coefficient (Wildman–Crippen LogP) is 3.97. The number of hydrogen-bond donors (Lipinski definition) is 1. The maximum Gasteiger partial charge on any atom is 0.225 e. The molecule has 0 aliphatic carbocycles. The first-order valence-corrected chi connectivity index (χ1v) is 10.0. The van der Waals surface area contributed by atoms with Gasteiger partial charge >= 0.3 is 0 Å². The zero-order chi connectivity index (χ0) is 19.3. The molecule has 0 spiro atoms. The molecular weight excluding hydrogens is 370 g/mol. The van der Waals surface area contributed by atoms with Gasteiger partial charge in [-0.2, -0.15) is 0 Å². The van der Waals surface area contributed by atoms with Gasteiger partial charge in [0.2, 0.25) is 5.91 Å². The van der Waals surface area contributed by atoms with Crippen molar-refractivity contribution in [3.05, 3.63) is 77.4 Å². The van der Waals surface area contributed by atoms with Crippen molar-refractivity contribution in [1.82, 2.24) is 14.7 Å². The van der Waals surface area contributed by atoms with E-state index in [1.807, 2.05) is 70.6 Å². The molecule has 0 saturated heterocycles. The number of amides is 1. The molecule has 0 unspecified atom stereocenters. The van der Waals surface area contributed by atoms with Gasteiger partial charge in [-0.3, -0.25) is 9.20 Å². The molecule has 4 rings (SSSR count). The number of benzene rings is 2. The van der Waals surface area contributed by atoms with Gasteiger partial charge in [-0.15, -0.1) is 11.3 Å². The highest BCUT2D eigenvalue weighted by atomic mass is 32.1. The summed E-state index contributed by atoms with van der Waals surface area (Å²) in [6.07, 6.45) is 3.13. The van der Waals surface area contributed by atoms with E-state index in [-0.39, 0.29) is 5.91 Å². The summed E-state index contributed by atoms with van der Waals surface area (Å²) in [6, 6.07) is 18.0. The topological polar surface area (TPSA) is 55.6 Å². The van der Waals surface area contributed by atoms with Crippen molar-refractivity contribution in [2.45, 2.75) is 12.8 Å². The van der Waals surface area contributed by atoms with E-state index in [1.165, 1.54) is 5.56 Å². The van der Waals surface area contributed by atoms with Crippen LogP contribution in [0.1, 0.15) is 11.3 Å². The molecule has 0 atom stereocenters. The van der Waals surface area contributed by atoms with Crippen LogP contribution in [0.4, 0.5) is 0 Å². The Morgan fingerprint density at radius 3 is 2.68 bits per heavy atom. The summed E-state index contributed by atoms with van der Waals surface area (Å²) >= 11 is 1.56. The Morgan fingerprint density at radius 2 is 1.93 bits per heavy atom. The van der Waals surface area contributed by atoms with Crippen LogP contribution in [-0.2, 0) is 17.6 Å². The van der Waals surface area contributed by atoms with Gasteiger partial charge in [-0.1, -0.05) is 42.5 Å². The fourth-order valence-electron chi connectivity index (χ4n) is 3.07. The molecule has 0 aliphatic heterocycles. The van der Waals surface area contributed by atoms with Gasteiger partial charge in [-0.25, -0.2) is 4.98 Å². The second-order valence-corrected chi connectivity index (χ2v) is 7.33. The van der Waals surface area contributed by atoms with E-state index in [9.17, 15) is 4.79 Å². The predicted molar refractivity (Wildman–Crippen MR) is 112 cm³/mol. The Labute approximate surface area is 167 Å². The van der Waals surface area contributed by atoms with Gasteiger partial charge < -0.3 is 10.1 Å². The van der Waals surface area contributed by atoms with E-state index in [0.717, 1.165) is 34.1 Å². The molecule has 0 saturated carbocycles. The molecule has 5 nitrogen and oxygen atoms in total. The van der Waals surface area contributed by atoms with E-state index in [1.54, 1.807) is 18.4 Å². The van der Waals surface area contributed by atoms with Crippen LogP contribution in [0.15, 0.2) is 66.2 Å². The van der Waals surface area contributed by atoms with Crippen LogP contribution in [0, 0.1) is 0 Å². The van der Waals surface area contributed by atoms with Crippen LogP contribution in [0.2, 0.25) is 0 Å². The van der Waals surface area contributed by atoms with Crippen LogP contribution in [0.3, 0.4) is 0 Å². The third kappa shape index (κ3) is 4.07. The number of thiazole rings is 1. The van der Waals surface area contributed by atoms with Crippen LogP contribution in [0.5, 0.6) is 5.75 Å². The van der Waals surface area contributed by atoms with E-state index in [2.05, 4.69) is 10.3 Å². The quantitative estimate of drug-likeness (QED) is 0.519. The van der Waals surface area contributed by atoms with Crippen molar-refractivity contribution in [2.24, 2.45) is 0 Å². The molecule has 0 bridgehead atoms. The molecule has 2 heterocycles. The number of carbonyl (C=O) groups is 1. The molecule has 4 aromatic rings. The number of hydrogen-bond acceptors (Lipinski definition) is 4. The first kappa shape index (κ1) is 18.3. The van der Waals surface area contributed by atoms with Crippen molar-refractivity contribution in [3.63, 3.8) is 0 Å². The molecule has 2 aromatic carbocycles. The summed E-state index contributed by atoms with van der Waals surface area (Å²) in [6.45, 7) is 0.609. The number of rotatable bonds is 7. The van der Waals surface area contributed by atoms with Crippen molar-refractivity contribution in [1.29, 1.82) is 0 Å². The Bertz CT molecular complexity index is 1070. The summed E-state index contributed by atoms with van der Waals surface area (Å²) in [5.74, 6) is 0.854. The zero-order valence-electron chi connectivity index (χ0n) is 15.6. The van der Waals surface area contributed by atoms with Gasteiger partial charge in [0.1, 0.15) is 5.75 Å². The highest BCUT2D eigenvalue weighted by molar-refractivity contribution is 7.15. The van der Waals surface area contributed by atoms with E-state index < -0.39 is 0 Å². The van der Waals surface area contributed by atoms with Crippen molar-refractivity contribution >= 4 is 22.2 Å². The lowest BCUT2D eigenvalue weighted by Gasteiger charge is -2.06. The van der Waals surface area contributed by atoms with Gasteiger partial charge in [0.05, 0.1) is 19.2 Å². The molecule has 0 fully saturated rings. The minimum atomic E-state index is 0.0168.